The van der Waals surface area contributed by atoms with Crippen LogP contribution in [0, 0.1) is 0 Å². The third-order valence-corrected chi connectivity index (χ3v) is 1.86. The molecule has 1 aliphatic heterocycles. The molecule has 3 N–H and O–H groups in total. The Kier molecular flexibility index (Phi) is 3.83. The summed E-state index contributed by atoms with van der Waals surface area (Å²) in [7, 11) is 0. The molecule has 0 aromatic rings. The molecular weight excluding hydrogens is 160 g/mol. The molecule has 0 unspecified atom stereocenters. The van der Waals surface area contributed by atoms with Crippen LogP contribution in [0.15, 0.2) is 0 Å². The molecule has 0 aliphatic carbocycles. The zero-order valence-electron chi connectivity index (χ0n) is 6.88. The molecule has 1 rings (SSSR count). The summed E-state index contributed by atoms with van der Waals surface area (Å²) >= 11 is 0. The number of hydrogen-bond acceptors (Lipinski definition) is 4. The molecule has 1 saturated heterocycles. The van der Waals surface area contributed by atoms with Crippen molar-refractivity contribution in [3.05, 3.63) is 0 Å². The van der Waals surface area contributed by atoms with E-state index in [-0.39, 0.29) is 6.04 Å². The predicted octanol–water partition coefficient (Wildman–Crippen LogP) is -0.586. The van der Waals surface area contributed by atoms with Gasteiger partial charge < -0.3 is 20.5 Å². The number of hydrogen-bond donors (Lipinski definition) is 3. The minimum absolute atomic E-state index is 0.185. The number of rotatable bonds is 2. The van der Waals surface area contributed by atoms with E-state index in [9.17, 15) is 4.79 Å². The standard InChI is InChI=1S/C7H14N2O3/c10-5-12-7(11)9-6-1-3-8-4-2-6/h6,8,10H,1-5H2,(H,9,11). The van der Waals surface area contributed by atoms with E-state index in [1.807, 2.05) is 0 Å². The first-order valence-corrected chi connectivity index (χ1v) is 4.08. The van der Waals surface area contributed by atoms with E-state index >= 15 is 0 Å². The van der Waals surface area contributed by atoms with Crippen molar-refractivity contribution < 1.29 is 14.6 Å². The zero-order valence-corrected chi connectivity index (χ0v) is 6.88. The molecule has 70 valence electrons. The zero-order chi connectivity index (χ0) is 8.81. The third-order valence-electron chi connectivity index (χ3n) is 1.86. The fourth-order valence-corrected chi connectivity index (χ4v) is 1.23. The summed E-state index contributed by atoms with van der Waals surface area (Å²) in [4.78, 5) is 10.8. The van der Waals surface area contributed by atoms with Crippen molar-refractivity contribution in [1.82, 2.24) is 10.6 Å². The highest BCUT2D eigenvalue weighted by Crippen LogP contribution is 2.01. The first-order valence-electron chi connectivity index (χ1n) is 4.08. The minimum atomic E-state index is -0.559. The summed E-state index contributed by atoms with van der Waals surface area (Å²) in [6, 6.07) is 0.185. The molecule has 5 nitrogen and oxygen atoms in total. The van der Waals surface area contributed by atoms with E-state index < -0.39 is 12.9 Å². The van der Waals surface area contributed by atoms with Gasteiger partial charge in [0.25, 0.3) is 0 Å². The van der Waals surface area contributed by atoms with E-state index in [1.54, 1.807) is 0 Å². The van der Waals surface area contributed by atoms with Gasteiger partial charge in [0.05, 0.1) is 0 Å². The van der Waals surface area contributed by atoms with E-state index in [1.165, 1.54) is 0 Å². The number of carbonyl (C=O) groups excluding carboxylic acids is 1. The highest BCUT2D eigenvalue weighted by Gasteiger charge is 2.15. The van der Waals surface area contributed by atoms with Crippen molar-refractivity contribution >= 4 is 6.09 Å². The Bertz CT molecular complexity index is 146. The van der Waals surface area contributed by atoms with E-state index in [0.717, 1.165) is 25.9 Å². The summed E-state index contributed by atoms with van der Waals surface area (Å²) < 4.78 is 4.33. The maximum Gasteiger partial charge on any atom is 0.409 e. The summed E-state index contributed by atoms with van der Waals surface area (Å²) in [6.07, 6.45) is 1.30. The molecule has 0 aromatic carbocycles. The Labute approximate surface area is 71.1 Å². The van der Waals surface area contributed by atoms with Crippen LogP contribution in [-0.2, 0) is 4.74 Å². The van der Waals surface area contributed by atoms with Crippen LogP contribution in [0.1, 0.15) is 12.8 Å². The lowest BCUT2D eigenvalue weighted by molar-refractivity contribution is 0.0420. The van der Waals surface area contributed by atoms with Gasteiger partial charge in [-0.3, -0.25) is 0 Å². The Morgan fingerprint density at radius 1 is 1.58 bits per heavy atom. The Balaban J connectivity index is 2.15. The van der Waals surface area contributed by atoms with Crippen LogP contribution in [0.5, 0.6) is 0 Å². The van der Waals surface area contributed by atoms with E-state index in [0.29, 0.717) is 0 Å². The largest absolute Gasteiger partial charge is 0.423 e. The number of piperidine rings is 1. The van der Waals surface area contributed by atoms with Crippen LogP contribution >= 0.6 is 0 Å². The van der Waals surface area contributed by atoms with Gasteiger partial charge in [-0.25, -0.2) is 4.79 Å². The fraction of sp³-hybridized carbons (Fsp3) is 0.857. The molecule has 0 saturated carbocycles. The quantitative estimate of drug-likeness (QED) is 0.489. The predicted molar refractivity (Wildman–Crippen MR) is 42.6 cm³/mol. The molecule has 1 fully saturated rings. The number of amides is 1. The second kappa shape index (κ2) is 4.95. The van der Waals surface area contributed by atoms with Crippen molar-refractivity contribution in [2.45, 2.75) is 18.9 Å². The Hall–Kier alpha value is -0.810. The Morgan fingerprint density at radius 3 is 2.83 bits per heavy atom. The molecule has 0 atom stereocenters. The number of alkyl carbamates (subject to hydrolysis) is 1. The summed E-state index contributed by atoms with van der Waals surface area (Å²) in [5.41, 5.74) is 0. The summed E-state index contributed by atoms with van der Waals surface area (Å²) in [5.74, 6) is 0. The van der Waals surface area contributed by atoms with Crippen molar-refractivity contribution in [2.24, 2.45) is 0 Å². The summed E-state index contributed by atoms with van der Waals surface area (Å²) in [6.45, 7) is 1.28. The number of aliphatic hydroxyl groups excluding tert-OH is 1. The smallest absolute Gasteiger partial charge is 0.409 e. The molecule has 0 spiro atoms. The number of nitrogens with one attached hydrogen (secondary N) is 2. The molecule has 0 bridgehead atoms. The minimum Gasteiger partial charge on any atom is -0.423 e. The average molecular weight is 174 g/mol. The molecule has 5 heteroatoms. The molecule has 1 amide bonds. The van der Waals surface area contributed by atoms with Crippen LogP contribution in [0.3, 0.4) is 0 Å². The summed E-state index contributed by atoms with van der Waals surface area (Å²) in [5, 5.41) is 14.1. The SMILES string of the molecule is O=C(NC1CCNCC1)OCO. The average Bonchev–Trinajstić information content (AvgIpc) is 2.06. The highest BCUT2D eigenvalue weighted by atomic mass is 16.6. The second-order valence-electron chi connectivity index (χ2n) is 2.73. The lowest BCUT2D eigenvalue weighted by Gasteiger charge is -2.22. The molecule has 0 radical (unpaired) electrons. The Morgan fingerprint density at radius 2 is 2.25 bits per heavy atom. The van der Waals surface area contributed by atoms with Gasteiger partial charge in [-0.2, -0.15) is 0 Å². The topological polar surface area (TPSA) is 70.6 Å². The van der Waals surface area contributed by atoms with Gasteiger partial charge in [0.15, 0.2) is 6.79 Å². The van der Waals surface area contributed by atoms with Crippen molar-refractivity contribution in [2.75, 3.05) is 19.9 Å². The molecule has 0 aromatic heterocycles. The maximum absolute atomic E-state index is 10.8. The van der Waals surface area contributed by atoms with Crippen LogP contribution in [-0.4, -0.2) is 37.1 Å². The van der Waals surface area contributed by atoms with Gasteiger partial charge in [0.2, 0.25) is 0 Å². The monoisotopic (exact) mass is 174 g/mol. The lowest BCUT2D eigenvalue weighted by atomic mass is 10.1. The van der Waals surface area contributed by atoms with Gasteiger partial charge >= 0.3 is 6.09 Å². The maximum atomic E-state index is 10.8. The lowest BCUT2D eigenvalue weighted by Crippen LogP contribution is -2.42. The molecule has 1 aliphatic rings. The van der Waals surface area contributed by atoms with Crippen LogP contribution in [0.4, 0.5) is 4.79 Å². The number of ether oxygens (including phenoxy) is 1. The van der Waals surface area contributed by atoms with E-state index in [4.69, 9.17) is 5.11 Å². The second-order valence-corrected chi connectivity index (χ2v) is 2.73. The van der Waals surface area contributed by atoms with Gasteiger partial charge in [0.1, 0.15) is 0 Å². The van der Waals surface area contributed by atoms with Crippen molar-refractivity contribution in [3.63, 3.8) is 0 Å². The molecule has 1 heterocycles. The van der Waals surface area contributed by atoms with Gasteiger partial charge in [-0.1, -0.05) is 0 Å². The molecular formula is C7H14N2O3. The van der Waals surface area contributed by atoms with Gasteiger partial charge in [-0.05, 0) is 25.9 Å². The first-order chi connectivity index (χ1) is 5.83. The number of carbonyl (C=O) groups is 1. The first kappa shape index (κ1) is 9.28. The fourth-order valence-electron chi connectivity index (χ4n) is 1.23. The third kappa shape index (κ3) is 3.06. The van der Waals surface area contributed by atoms with Crippen molar-refractivity contribution in [1.29, 1.82) is 0 Å². The number of aliphatic hydroxyl groups is 1. The van der Waals surface area contributed by atoms with Gasteiger partial charge in [-0.15, -0.1) is 0 Å². The van der Waals surface area contributed by atoms with Crippen LogP contribution in [0.25, 0.3) is 0 Å². The van der Waals surface area contributed by atoms with Crippen LogP contribution in [0.2, 0.25) is 0 Å². The van der Waals surface area contributed by atoms with Crippen LogP contribution < -0.4 is 10.6 Å². The van der Waals surface area contributed by atoms with E-state index in [2.05, 4.69) is 15.4 Å². The van der Waals surface area contributed by atoms with Crippen molar-refractivity contribution in [3.8, 4) is 0 Å². The highest BCUT2D eigenvalue weighted by molar-refractivity contribution is 5.67. The normalized spacial score (nSPS) is 18.8. The molecule has 12 heavy (non-hydrogen) atoms. The van der Waals surface area contributed by atoms with Gasteiger partial charge in [0, 0.05) is 6.04 Å².